The highest BCUT2D eigenvalue weighted by molar-refractivity contribution is 5.71. The van der Waals surface area contributed by atoms with Crippen LogP contribution in [0.15, 0.2) is 12.4 Å². The first-order chi connectivity index (χ1) is 11.5. The zero-order chi connectivity index (χ0) is 18.2. The minimum absolute atomic E-state index is 1.08. The fourth-order valence-electron chi connectivity index (χ4n) is 2.54. The van der Waals surface area contributed by atoms with Gasteiger partial charge in [-0.3, -0.25) is 0 Å². The number of aliphatic carboxylic acids is 1. The number of aliphatic hydroxyl groups excluding tert-OH is 1. The number of nitrogens with zero attached hydrogens (tertiary/aromatic N) is 2. The number of carboxylic acids is 1. The third kappa shape index (κ3) is 14.4. The van der Waals surface area contributed by atoms with E-state index in [1.165, 1.54) is 77.7 Å². The van der Waals surface area contributed by atoms with Crippen molar-refractivity contribution in [2.24, 2.45) is 0 Å². The molecule has 5 nitrogen and oxygen atoms in total. The maximum Gasteiger partial charge on any atom is 0.332 e. The van der Waals surface area contributed by atoms with Crippen LogP contribution in [0.3, 0.4) is 0 Å². The lowest BCUT2D eigenvalue weighted by molar-refractivity contribution is -0.145. The monoisotopic (exact) mass is 342 g/mol. The van der Waals surface area contributed by atoms with Gasteiger partial charge in [-0.1, -0.05) is 64.7 Å². The minimum atomic E-state index is -1.23. The second-order valence-electron chi connectivity index (χ2n) is 6.71. The van der Waals surface area contributed by atoms with Crippen LogP contribution in [0.1, 0.15) is 78.1 Å². The number of hydrogen-bond donors (Lipinski definition) is 2. The molecule has 0 aromatic rings. The molecule has 0 bridgehead atoms. The number of aliphatic hydroxyl groups is 1. The summed E-state index contributed by atoms with van der Waals surface area (Å²) in [5.74, 6) is -1.19. The van der Waals surface area contributed by atoms with Crippen molar-refractivity contribution in [2.75, 3.05) is 20.3 Å². The van der Waals surface area contributed by atoms with E-state index in [2.05, 4.69) is 36.2 Å². The van der Waals surface area contributed by atoms with Crippen molar-refractivity contribution in [3.8, 4) is 0 Å². The highest BCUT2D eigenvalue weighted by atomic mass is 16.4. The summed E-state index contributed by atoms with van der Waals surface area (Å²) in [6.07, 6.45) is 17.4. The first kappa shape index (κ1) is 22.8. The van der Waals surface area contributed by atoms with Gasteiger partial charge in [0, 0.05) is 26.0 Å². The molecule has 1 rings (SSSR count). The van der Waals surface area contributed by atoms with E-state index in [4.69, 9.17) is 10.2 Å². The second-order valence-corrected chi connectivity index (χ2v) is 6.71. The first-order valence-corrected chi connectivity index (χ1v) is 9.50. The van der Waals surface area contributed by atoms with E-state index in [-0.39, 0.29) is 0 Å². The average molecular weight is 343 g/mol. The van der Waals surface area contributed by atoms with Gasteiger partial charge in [0.05, 0.1) is 6.67 Å². The zero-order valence-corrected chi connectivity index (χ0v) is 15.9. The summed E-state index contributed by atoms with van der Waals surface area (Å²) >= 11 is 0. The number of unbranched alkanes of at least 4 members (excludes halogenated alkanes) is 9. The number of hydrogen-bond acceptors (Lipinski definition) is 4. The topological polar surface area (TPSA) is 64.0 Å². The van der Waals surface area contributed by atoms with Crippen LogP contribution in [0.25, 0.3) is 0 Å². The Bertz CT molecular complexity index is 333. The van der Waals surface area contributed by atoms with Gasteiger partial charge in [-0.2, -0.15) is 0 Å². The Morgan fingerprint density at radius 2 is 1.46 bits per heavy atom. The summed E-state index contributed by atoms with van der Waals surface area (Å²) in [7, 11) is 2.13. The molecule has 0 saturated carbocycles. The lowest BCUT2D eigenvalue weighted by Crippen LogP contribution is -2.23. The summed E-state index contributed by atoms with van der Waals surface area (Å²) in [5.41, 5.74) is 0. The Labute approximate surface area is 148 Å². The Kier molecular flexibility index (Phi) is 14.5. The summed E-state index contributed by atoms with van der Waals surface area (Å²) in [4.78, 5) is 14.1. The third-order valence-corrected chi connectivity index (χ3v) is 4.09. The summed E-state index contributed by atoms with van der Waals surface area (Å²) < 4.78 is 0. The molecule has 5 heteroatoms. The van der Waals surface area contributed by atoms with E-state index in [1.807, 2.05) is 0 Å². The first-order valence-electron chi connectivity index (χ1n) is 9.50. The van der Waals surface area contributed by atoms with Gasteiger partial charge < -0.3 is 20.0 Å². The van der Waals surface area contributed by atoms with Gasteiger partial charge in [0.2, 0.25) is 0 Å². The van der Waals surface area contributed by atoms with E-state index in [0.29, 0.717) is 0 Å². The molecule has 0 aromatic carbocycles. The van der Waals surface area contributed by atoms with Gasteiger partial charge in [0.25, 0.3) is 0 Å². The van der Waals surface area contributed by atoms with E-state index in [9.17, 15) is 4.79 Å². The van der Waals surface area contributed by atoms with Crippen molar-refractivity contribution in [2.45, 2.75) is 84.2 Å². The second kappa shape index (κ2) is 15.3. The predicted molar refractivity (Wildman–Crippen MR) is 99.6 cm³/mol. The van der Waals surface area contributed by atoms with E-state index >= 15 is 0 Å². The van der Waals surface area contributed by atoms with E-state index < -0.39 is 12.1 Å². The van der Waals surface area contributed by atoms with E-state index in [1.54, 1.807) is 0 Å². The Morgan fingerprint density at radius 3 is 1.83 bits per heavy atom. The van der Waals surface area contributed by atoms with Crippen LogP contribution in [0.4, 0.5) is 0 Å². The van der Waals surface area contributed by atoms with Crippen molar-refractivity contribution in [1.82, 2.24) is 9.80 Å². The molecule has 24 heavy (non-hydrogen) atoms. The van der Waals surface area contributed by atoms with Crippen LogP contribution in [0, 0.1) is 0 Å². The molecule has 1 aliphatic heterocycles. The average Bonchev–Trinajstić information content (AvgIpc) is 2.95. The molecule has 2 N–H and O–H groups in total. The van der Waals surface area contributed by atoms with Crippen LogP contribution >= 0.6 is 0 Å². The van der Waals surface area contributed by atoms with Gasteiger partial charge in [0.1, 0.15) is 6.10 Å². The zero-order valence-electron chi connectivity index (χ0n) is 15.9. The maximum atomic E-state index is 9.45. The fourth-order valence-corrected chi connectivity index (χ4v) is 2.54. The number of rotatable bonds is 12. The van der Waals surface area contributed by atoms with Gasteiger partial charge in [0.15, 0.2) is 0 Å². The highest BCUT2D eigenvalue weighted by Gasteiger charge is 2.06. The van der Waals surface area contributed by atoms with Crippen LogP contribution in [0.2, 0.25) is 0 Å². The molecule has 1 unspecified atom stereocenters. The van der Waals surface area contributed by atoms with Crippen LogP contribution in [0.5, 0.6) is 0 Å². The van der Waals surface area contributed by atoms with Crippen molar-refractivity contribution in [1.29, 1.82) is 0 Å². The normalized spacial score (nSPS) is 14.5. The van der Waals surface area contributed by atoms with E-state index in [0.717, 1.165) is 6.67 Å². The summed E-state index contributed by atoms with van der Waals surface area (Å²) in [6.45, 7) is 5.80. The standard InChI is InChI=1S/C16H32N2.C3H6O3/c1-3-4-5-6-7-8-9-10-11-12-13-18-15-14-17(2)16-18;1-2(4)3(5)6/h14-15H,3-13,16H2,1-2H3;2,4H,1H3,(H,5,6). The Balaban J connectivity index is 0.000000754. The Morgan fingerprint density at radius 1 is 1.00 bits per heavy atom. The fraction of sp³-hybridized carbons (Fsp3) is 0.842. The highest BCUT2D eigenvalue weighted by Crippen LogP contribution is 2.11. The van der Waals surface area contributed by atoms with Gasteiger partial charge in [-0.05, 0) is 13.3 Å². The van der Waals surface area contributed by atoms with Crippen molar-refractivity contribution >= 4 is 5.97 Å². The molecular formula is C19H38N2O3. The lowest BCUT2D eigenvalue weighted by atomic mass is 10.1. The predicted octanol–water partition coefficient (Wildman–Crippen LogP) is 4.04. The molecule has 0 radical (unpaired) electrons. The van der Waals surface area contributed by atoms with Crippen LogP contribution in [-0.2, 0) is 4.79 Å². The molecular weight excluding hydrogens is 304 g/mol. The summed E-state index contributed by atoms with van der Waals surface area (Å²) in [6, 6.07) is 0. The molecule has 0 aromatic heterocycles. The SMILES string of the molecule is CC(O)C(=O)O.CCCCCCCCCCCCN1C=CN(C)C1. The van der Waals surface area contributed by atoms with Crippen molar-refractivity contribution < 1.29 is 15.0 Å². The minimum Gasteiger partial charge on any atom is -0.479 e. The molecule has 1 atom stereocenters. The lowest BCUT2D eigenvalue weighted by Gasteiger charge is -2.17. The molecule has 0 amide bonds. The molecule has 1 aliphatic rings. The smallest absolute Gasteiger partial charge is 0.332 e. The Hall–Kier alpha value is -1.23. The number of carbonyl (C=O) groups is 1. The van der Waals surface area contributed by atoms with Crippen LogP contribution < -0.4 is 0 Å². The maximum absolute atomic E-state index is 9.45. The van der Waals surface area contributed by atoms with Gasteiger partial charge >= 0.3 is 5.97 Å². The van der Waals surface area contributed by atoms with Gasteiger partial charge in [-0.25, -0.2) is 4.79 Å². The van der Waals surface area contributed by atoms with Crippen molar-refractivity contribution in [3.05, 3.63) is 12.4 Å². The number of carboxylic acid groups (broad SMARTS) is 1. The third-order valence-electron chi connectivity index (χ3n) is 4.09. The molecule has 142 valence electrons. The quantitative estimate of drug-likeness (QED) is 0.524. The molecule has 0 spiro atoms. The molecule has 1 heterocycles. The largest absolute Gasteiger partial charge is 0.479 e. The van der Waals surface area contributed by atoms with Crippen molar-refractivity contribution in [3.63, 3.8) is 0 Å². The molecule has 0 saturated heterocycles. The van der Waals surface area contributed by atoms with Crippen LogP contribution in [-0.4, -0.2) is 52.3 Å². The summed E-state index contributed by atoms with van der Waals surface area (Å²) in [5, 5.41) is 15.8. The molecule has 0 fully saturated rings. The molecule has 0 aliphatic carbocycles. The van der Waals surface area contributed by atoms with Gasteiger partial charge in [-0.15, -0.1) is 0 Å².